The maximum absolute atomic E-state index is 12.1. The molecule has 1 heterocycles. The van der Waals surface area contributed by atoms with Crippen molar-refractivity contribution in [1.82, 2.24) is 9.88 Å². The lowest BCUT2D eigenvalue weighted by Crippen LogP contribution is -2.48. The normalized spacial score (nSPS) is 13.5. The Morgan fingerprint density at radius 2 is 2.18 bits per heavy atom. The number of carbonyl (C=O) groups excluding carboxylic acids is 1. The van der Waals surface area contributed by atoms with Crippen LogP contribution in [0.25, 0.3) is 0 Å². The van der Waals surface area contributed by atoms with E-state index in [0.717, 1.165) is 10.7 Å². The Balaban J connectivity index is 2.65. The predicted molar refractivity (Wildman–Crippen MR) is 70.8 cm³/mol. The van der Waals surface area contributed by atoms with Crippen molar-refractivity contribution in [3.8, 4) is 0 Å². The molecule has 0 spiro atoms. The van der Waals surface area contributed by atoms with Crippen LogP contribution in [-0.2, 0) is 11.3 Å². The molecule has 0 aliphatic carbocycles. The van der Waals surface area contributed by atoms with Gasteiger partial charge >= 0.3 is 0 Å². The van der Waals surface area contributed by atoms with Crippen LogP contribution in [0.4, 0.5) is 0 Å². The first-order valence-corrected chi connectivity index (χ1v) is 6.51. The van der Waals surface area contributed by atoms with Crippen LogP contribution in [0.3, 0.4) is 0 Å². The minimum absolute atomic E-state index is 0.0387. The summed E-state index contributed by atoms with van der Waals surface area (Å²) in [5.74, 6) is -0.0387. The summed E-state index contributed by atoms with van der Waals surface area (Å²) < 4.78 is 0. The number of thiazole rings is 1. The van der Waals surface area contributed by atoms with Gasteiger partial charge in [0.05, 0.1) is 23.3 Å². The summed E-state index contributed by atoms with van der Waals surface area (Å²) in [4.78, 5) is 18.1. The minimum atomic E-state index is -0.479. The zero-order valence-electron chi connectivity index (χ0n) is 11.2. The number of aryl methyl sites for hydroxylation is 1. The highest BCUT2D eigenvalue weighted by Crippen LogP contribution is 2.19. The highest BCUT2D eigenvalue weighted by molar-refractivity contribution is 7.09. The summed E-state index contributed by atoms with van der Waals surface area (Å²) in [6.45, 7) is 8.38. The molecule has 1 unspecified atom stereocenters. The predicted octanol–water partition coefficient (Wildman–Crippen LogP) is 1.78. The van der Waals surface area contributed by atoms with E-state index in [-0.39, 0.29) is 11.3 Å². The van der Waals surface area contributed by atoms with Crippen molar-refractivity contribution < 1.29 is 4.79 Å². The molecule has 0 aromatic carbocycles. The van der Waals surface area contributed by atoms with Crippen LogP contribution >= 0.6 is 11.3 Å². The zero-order valence-corrected chi connectivity index (χ0v) is 12.0. The molecule has 0 aliphatic heterocycles. The van der Waals surface area contributed by atoms with Crippen LogP contribution in [0.2, 0.25) is 0 Å². The average molecular weight is 255 g/mol. The van der Waals surface area contributed by atoms with Gasteiger partial charge < -0.3 is 10.6 Å². The van der Waals surface area contributed by atoms with Gasteiger partial charge in [-0.2, -0.15) is 0 Å². The monoisotopic (exact) mass is 255 g/mol. The van der Waals surface area contributed by atoms with Crippen LogP contribution < -0.4 is 5.73 Å². The molecular formula is C12H21N3OS. The van der Waals surface area contributed by atoms with Crippen molar-refractivity contribution in [1.29, 1.82) is 0 Å². The van der Waals surface area contributed by atoms with Gasteiger partial charge in [0.1, 0.15) is 0 Å². The van der Waals surface area contributed by atoms with E-state index in [4.69, 9.17) is 5.73 Å². The highest BCUT2D eigenvalue weighted by atomic mass is 32.1. The van der Waals surface area contributed by atoms with Crippen molar-refractivity contribution in [3.05, 3.63) is 16.1 Å². The molecule has 0 radical (unpaired) electrons. The summed E-state index contributed by atoms with van der Waals surface area (Å²) in [5, 5.41) is 2.99. The van der Waals surface area contributed by atoms with E-state index in [1.807, 2.05) is 33.1 Å². The summed E-state index contributed by atoms with van der Waals surface area (Å²) >= 11 is 1.59. The van der Waals surface area contributed by atoms with E-state index in [1.54, 1.807) is 23.3 Å². The molecule has 2 N–H and O–H groups in total. The molecule has 4 nitrogen and oxygen atoms in total. The molecule has 0 fully saturated rings. The number of likely N-dealkylation sites (N-methyl/N-ethyl adjacent to an activating group) is 1. The number of nitrogens with zero attached hydrogens (tertiary/aromatic N) is 2. The van der Waals surface area contributed by atoms with Gasteiger partial charge in [-0.05, 0) is 12.3 Å². The third kappa shape index (κ3) is 3.78. The van der Waals surface area contributed by atoms with Gasteiger partial charge in [0.2, 0.25) is 5.91 Å². The lowest BCUT2D eigenvalue weighted by molar-refractivity contribution is -0.134. The lowest BCUT2D eigenvalue weighted by atomic mass is 9.86. The van der Waals surface area contributed by atoms with Crippen molar-refractivity contribution in [2.45, 2.75) is 40.3 Å². The molecule has 96 valence electrons. The molecule has 1 amide bonds. The first-order chi connectivity index (χ1) is 7.71. The van der Waals surface area contributed by atoms with Crippen molar-refractivity contribution in [3.63, 3.8) is 0 Å². The lowest BCUT2D eigenvalue weighted by Gasteiger charge is -2.29. The number of rotatable bonds is 3. The third-order valence-corrected chi connectivity index (χ3v) is 3.46. The van der Waals surface area contributed by atoms with Gasteiger partial charge in [-0.15, -0.1) is 11.3 Å². The van der Waals surface area contributed by atoms with E-state index in [9.17, 15) is 4.79 Å². The van der Waals surface area contributed by atoms with Gasteiger partial charge in [-0.3, -0.25) is 4.79 Å². The van der Waals surface area contributed by atoms with E-state index in [2.05, 4.69) is 4.98 Å². The van der Waals surface area contributed by atoms with E-state index in [0.29, 0.717) is 6.54 Å². The second-order valence-corrected chi connectivity index (χ2v) is 6.46. The Morgan fingerprint density at radius 1 is 1.59 bits per heavy atom. The van der Waals surface area contributed by atoms with Crippen molar-refractivity contribution in [2.24, 2.45) is 11.1 Å². The largest absolute Gasteiger partial charge is 0.338 e. The average Bonchev–Trinajstić information content (AvgIpc) is 2.60. The molecule has 17 heavy (non-hydrogen) atoms. The molecule has 1 atom stereocenters. The molecule has 1 aromatic heterocycles. The Hall–Kier alpha value is -0.940. The first kappa shape index (κ1) is 14.1. The van der Waals surface area contributed by atoms with Crippen LogP contribution in [0, 0.1) is 12.3 Å². The fourth-order valence-electron chi connectivity index (χ4n) is 1.41. The number of hydrogen-bond acceptors (Lipinski definition) is 4. The quantitative estimate of drug-likeness (QED) is 0.895. The second-order valence-electron chi connectivity index (χ2n) is 5.40. The number of nitrogens with two attached hydrogens (primary N) is 1. The standard InChI is InChI=1S/C12H21N3OS/c1-8-14-9(7-17-8)6-15(5)11(16)10(13)12(2,3)4/h7,10H,6,13H2,1-5H3. The fraction of sp³-hybridized carbons (Fsp3) is 0.667. The Morgan fingerprint density at radius 3 is 2.59 bits per heavy atom. The summed E-state index contributed by atoms with van der Waals surface area (Å²) in [6, 6.07) is -0.479. The summed E-state index contributed by atoms with van der Waals surface area (Å²) in [6.07, 6.45) is 0. The number of carbonyl (C=O) groups is 1. The summed E-state index contributed by atoms with van der Waals surface area (Å²) in [7, 11) is 1.77. The Labute approximate surface area is 107 Å². The molecule has 0 aliphatic rings. The van der Waals surface area contributed by atoms with Crippen LogP contribution in [-0.4, -0.2) is 28.9 Å². The highest BCUT2D eigenvalue weighted by Gasteiger charge is 2.29. The van der Waals surface area contributed by atoms with Crippen molar-refractivity contribution in [2.75, 3.05) is 7.05 Å². The maximum Gasteiger partial charge on any atom is 0.240 e. The second kappa shape index (κ2) is 5.14. The topological polar surface area (TPSA) is 59.2 Å². The molecule has 0 bridgehead atoms. The van der Waals surface area contributed by atoms with E-state index in [1.165, 1.54) is 0 Å². The van der Waals surface area contributed by atoms with E-state index < -0.39 is 6.04 Å². The minimum Gasteiger partial charge on any atom is -0.338 e. The number of amides is 1. The van der Waals surface area contributed by atoms with Crippen LogP contribution in [0.5, 0.6) is 0 Å². The van der Waals surface area contributed by atoms with Crippen LogP contribution in [0.1, 0.15) is 31.5 Å². The Bertz CT molecular complexity index is 395. The van der Waals surface area contributed by atoms with Crippen LogP contribution in [0.15, 0.2) is 5.38 Å². The molecule has 1 aromatic rings. The number of aromatic nitrogens is 1. The first-order valence-electron chi connectivity index (χ1n) is 5.63. The molecule has 5 heteroatoms. The van der Waals surface area contributed by atoms with Gasteiger partial charge in [0.25, 0.3) is 0 Å². The molecule has 0 saturated heterocycles. The van der Waals surface area contributed by atoms with Gasteiger partial charge in [0, 0.05) is 12.4 Å². The molecule has 0 saturated carbocycles. The zero-order chi connectivity index (χ0) is 13.2. The fourth-order valence-corrected chi connectivity index (χ4v) is 2.01. The van der Waals surface area contributed by atoms with Gasteiger partial charge in [-0.25, -0.2) is 4.98 Å². The Kier molecular flexibility index (Phi) is 4.27. The smallest absolute Gasteiger partial charge is 0.240 e. The van der Waals surface area contributed by atoms with E-state index >= 15 is 0 Å². The summed E-state index contributed by atoms with van der Waals surface area (Å²) in [5.41, 5.74) is 6.65. The SMILES string of the molecule is Cc1nc(CN(C)C(=O)C(N)C(C)(C)C)cs1. The third-order valence-electron chi connectivity index (χ3n) is 2.64. The number of hydrogen-bond donors (Lipinski definition) is 1. The molecule has 1 rings (SSSR count). The molecular weight excluding hydrogens is 234 g/mol. The van der Waals surface area contributed by atoms with Gasteiger partial charge in [0.15, 0.2) is 0 Å². The van der Waals surface area contributed by atoms with Gasteiger partial charge in [-0.1, -0.05) is 20.8 Å². The maximum atomic E-state index is 12.1. The van der Waals surface area contributed by atoms with Crippen molar-refractivity contribution >= 4 is 17.2 Å².